The largest absolute Gasteiger partial charge is 0.478 e. The van der Waals surface area contributed by atoms with Crippen LogP contribution in [0.2, 0.25) is 0 Å². The maximum atomic E-state index is 11.0. The van der Waals surface area contributed by atoms with Crippen molar-refractivity contribution in [3.05, 3.63) is 59.2 Å². The molecule has 0 radical (unpaired) electrons. The molecule has 1 saturated heterocycles. The van der Waals surface area contributed by atoms with Gasteiger partial charge in [-0.3, -0.25) is 0 Å². The fraction of sp³-hybridized carbons (Fsp3) is 0.214. The Morgan fingerprint density at radius 2 is 2.28 bits per heavy atom. The minimum absolute atomic E-state index is 0.295. The third-order valence-corrected chi connectivity index (χ3v) is 3.27. The van der Waals surface area contributed by atoms with E-state index in [4.69, 9.17) is 5.11 Å². The highest BCUT2D eigenvalue weighted by atomic mass is 16.4. The topological polar surface area (TPSA) is 52.6 Å². The molecule has 0 spiro atoms. The molecule has 0 aliphatic carbocycles. The molecule has 0 atom stereocenters. The predicted octanol–water partition coefficient (Wildman–Crippen LogP) is 1.88. The fourth-order valence-electron chi connectivity index (χ4n) is 2.38. The second-order valence-electron chi connectivity index (χ2n) is 4.45. The van der Waals surface area contributed by atoms with Crippen LogP contribution in [-0.4, -0.2) is 22.5 Å². The number of carboxylic acid groups (broad SMARTS) is 1. The van der Waals surface area contributed by atoms with Crippen LogP contribution in [0.15, 0.2) is 59.2 Å². The van der Waals surface area contributed by atoms with Crippen molar-refractivity contribution < 1.29 is 9.90 Å². The molecule has 0 aromatic heterocycles. The van der Waals surface area contributed by atoms with Crippen LogP contribution in [0.5, 0.6) is 0 Å². The summed E-state index contributed by atoms with van der Waals surface area (Å²) in [5, 5.41) is 12.4. The van der Waals surface area contributed by atoms with Gasteiger partial charge < -0.3 is 15.3 Å². The lowest BCUT2D eigenvalue weighted by Crippen LogP contribution is -2.27. The zero-order chi connectivity index (χ0) is 12.5. The molecule has 4 nitrogen and oxygen atoms in total. The molecule has 2 N–H and O–H groups in total. The summed E-state index contributed by atoms with van der Waals surface area (Å²) in [7, 11) is 0. The second kappa shape index (κ2) is 4.22. The van der Waals surface area contributed by atoms with Crippen molar-refractivity contribution in [1.82, 2.24) is 10.2 Å². The first-order valence-corrected chi connectivity index (χ1v) is 6.03. The molecule has 4 heteroatoms. The highest BCUT2D eigenvalue weighted by molar-refractivity contribution is 5.90. The van der Waals surface area contributed by atoms with Gasteiger partial charge in [0.05, 0.1) is 17.0 Å². The molecule has 3 rings (SSSR count). The number of aliphatic carboxylic acids is 1. The summed E-state index contributed by atoms with van der Waals surface area (Å²) in [6.07, 6.45) is 13.3. The molecular weight excluding hydrogens is 228 g/mol. The van der Waals surface area contributed by atoms with E-state index >= 15 is 0 Å². The molecule has 0 aromatic carbocycles. The summed E-state index contributed by atoms with van der Waals surface area (Å²) < 4.78 is 0. The molecule has 92 valence electrons. The minimum Gasteiger partial charge on any atom is -0.478 e. The number of hydrogen-bond donors (Lipinski definition) is 2. The van der Waals surface area contributed by atoms with E-state index in [1.165, 1.54) is 5.57 Å². The Morgan fingerprint density at radius 1 is 1.39 bits per heavy atom. The van der Waals surface area contributed by atoms with Gasteiger partial charge in [-0.2, -0.15) is 0 Å². The van der Waals surface area contributed by atoms with Crippen LogP contribution in [0.4, 0.5) is 0 Å². The zero-order valence-corrected chi connectivity index (χ0v) is 9.89. The number of hydrogen-bond acceptors (Lipinski definition) is 3. The third kappa shape index (κ3) is 1.76. The molecule has 0 amide bonds. The molecule has 3 aliphatic heterocycles. The second-order valence-corrected chi connectivity index (χ2v) is 4.45. The summed E-state index contributed by atoms with van der Waals surface area (Å²) in [4.78, 5) is 12.8. The van der Waals surface area contributed by atoms with Gasteiger partial charge in [-0.15, -0.1) is 0 Å². The Morgan fingerprint density at radius 3 is 3.11 bits per heavy atom. The van der Waals surface area contributed by atoms with E-state index in [1.54, 1.807) is 12.3 Å². The van der Waals surface area contributed by atoms with Crippen molar-refractivity contribution in [3.8, 4) is 0 Å². The molecule has 0 bridgehead atoms. The Labute approximate surface area is 105 Å². The summed E-state index contributed by atoms with van der Waals surface area (Å²) in [5.74, 6) is -0.905. The van der Waals surface area contributed by atoms with Crippen molar-refractivity contribution in [2.24, 2.45) is 0 Å². The van der Waals surface area contributed by atoms with Gasteiger partial charge in [0.1, 0.15) is 0 Å². The lowest BCUT2D eigenvalue weighted by molar-refractivity contribution is -0.132. The molecule has 3 aliphatic rings. The number of carbonyl (C=O) groups is 1. The third-order valence-electron chi connectivity index (χ3n) is 3.27. The van der Waals surface area contributed by atoms with Crippen LogP contribution in [0.25, 0.3) is 0 Å². The number of nitrogens with one attached hydrogen (secondary N) is 1. The molecule has 18 heavy (non-hydrogen) atoms. The number of rotatable bonds is 1. The Hall–Kier alpha value is -2.23. The average molecular weight is 242 g/mol. The quantitative estimate of drug-likeness (QED) is 0.737. The standard InChI is InChI=1S/C14H14N2O2/c17-14(18)11-5-6-12-13-10(3-1-7-15-13)4-2-8-16(12)9-11/h2,4-6,8-9,15H,1,3,7H2,(H,17,18). The Bertz CT molecular complexity index is 550. The van der Waals surface area contributed by atoms with Crippen molar-refractivity contribution in [2.45, 2.75) is 12.8 Å². The van der Waals surface area contributed by atoms with Crippen LogP contribution in [-0.2, 0) is 4.79 Å². The van der Waals surface area contributed by atoms with Crippen LogP contribution >= 0.6 is 0 Å². The first-order valence-electron chi connectivity index (χ1n) is 6.03. The highest BCUT2D eigenvalue weighted by Crippen LogP contribution is 2.29. The summed E-state index contributed by atoms with van der Waals surface area (Å²) in [6, 6.07) is 0. The maximum Gasteiger partial charge on any atom is 0.337 e. The average Bonchev–Trinajstić information content (AvgIpc) is 2.57. The van der Waals surface area contributed by atoms with E-state index in [-0.39, 0.29) is 0 Å². The molecule has 3 heterocycles. The predicted molar refractivity (Wildman–Crippen MR) is 68.2 cm³/mol. The highest BCUT2D eigenvalue weighted by Gasteiger charge is 2.21. The van der Waals surface area contributed by atoms with Gasteiger partial charge in [0.25, 0.3) is 0 Å². The lowest BCUT2D eigenvalue weighted by Gasteiger charge is -2.27. The number of carboxylic acids is 1. The van der Waals surface area contributed by atoms with E-state index in [9.17, 15) is 4.79 Å². The van der Waals surface area contributed by atoms with E-state index < -0.39 is 5.97 Å². The Balaban J connectivity index is 2.05. The van der Waals surface area contributed by atoms with Crippen LogP contribution in [0, 0.1) is 0 Å². The normalized spacial score (nSPS) is 21.4. The summed E-state index contributed by atoms with van der Waals surface area (Å²) >= 11 is 0. The number of piperidine rings is 1. The fourth-order valence-corrected chi connectivity index (χ4v) is 2.38. The Kier molecular flexibility index (Phi) is 2.55. The van der Waals surface area contributed by atoms with E-state index in [1.807, 2.05) is 23.3 Å². The van der Waals surface area contributed by atoms with Crippen molar-refractivity contribution >= 4 is 5.97 Å². The number of fused-ring (bicyclic) bond motifs is 2. The smallest absolute Gasteiger partial charge is 0.337 e. The molecule has 0 aromatic rings. The van der Waals surface area contributed by atoms with E-state index in [2.05, 4.69) is 11.4 Å². The minimum atomic E-state index is -0.905. The van der Waals surface area contributed by atoms with E-state index in [0.717, 1.165) is 30.8 Å². The molecule has 0 saturated carbocycles. The van der Waals surface area contributed by atoms with Gasteiger partial charge in [-0.05, 0) is 36.6 Å². The van der Waals surface area contributed by atoms with Crippen LogP contribution < -0.4 is 5.32 Å². The van der Waals surface area contributed by atoms with Gasteiger partial charge in [-0.25, -0.2) is 4.79 Å². The molecule has 0 unspecified atom stereocenters. The van der Waals surface area contributed by atoms with Gasteiger partial charge >= 0.3 is 5.97 Å². The van der Waals surface area contributed by atoms with E-state index in [0.29, 0.717) is 5.57 Å². The maximum absolute atomic E-state index is 11.0. The SMILES string of the molecule is O=C(O)C1=CN2C=CC=C3CCCNC3=C2C=C1. The van der Waals surface area contributed by atoms with Crippen molar-refractivity contribution in [1.29, 1.82) is 0 Å². The monoisotopic (exact) mass is 242 g/mol. The van der Waals surface area contributed by atoms with Crippen LogP contribution in [0.3, 0.4) is 0 Å². The van der Waals surface area contributed by atoms with Crippen molar-refractivity contribution in [3.63, 3.8) is 0 Å². The summed E-state index contributed by atoms with van der Waals surface area (Å²) in [6.45, 7) is 0.966. The van der Waals surface area contributed by atoms with Crippen LogP contribution in [0.1, 0.15) is 12.8 Å². The van der Waals surface area contributed by atoms with Gasteiger partial charge in [0, 0.05) is 18.9 Å². The molecule has 1 fully saturated rings. The zero-order valence-electron chi connectivity index (χ0n) is 9.89. The first kappa shape index (κ1) is 10.9. The van der Waals surface area contributed by atoms with Crippen molar-refractivity contribution in [2.75, 3.05) is 6.54 Å². The summed E-state index contributed by atoms with van der Waals surface area (Å²) in [5.41, 5.74) is 3.71. The lowest BCUT2D eigenvalue weighted by atomic mass is 9.99. The van der Waals surface area contributed by atoms with Gasteiger partial charge in [0.15, 0.2) is 0 Å². The molecular formula is C14H14N2O2. The number of nitrogens with zero attached hydrogens (tertiary/aromatic N) is 1. The van der Waals surface area contributed by atoms with Gasteiger partial charge in [0.2, 0.25) is 0 Å². The number of allylic oxidation sites excluding steroid dienone is 4. The first-order chi connectivity index (χ1) is 8.75. The van der Waals surface area contributed by atoms with Gasteiger partial charge in [-0.1, -0.05) is 6.08 Å².